The van der Waals surface area contributed by atoms with Gasteiger partial charge in [0.2, 0.25) is 5.91 Å². The zero-order chi connectivity index (χ0) is 14.4. The highest BCUT2D eigenvalue weighted by Gasteiger charge is 2.15. The van der Waals surface area contributed by atoms with Crippen molar-refractivity contribution in [3.8, 4) is 0 Å². The molecule has 1 amide bonds. The second-order valence-corrected chi connectivity index (χ2v) is 5.11. The van der Waals surface area contributed by atoms with E-state index in [1.165, 1.54) is 0 Å². The van der Waals surface area contributed by atoms with Crippen molar-refractivity contribution in [1.82, 2.24) is 4.90 Å². The minimum atomic E-state index is 0.0624. The summed E-state index contributed by atoms with van der Waals surface area (Å²) in [5.74, 6) is 0.0624. The molecule has 1 rings (SSSR count). The third kappa shape index (κ3) is 4.40. The number of nitrogens with zero attached hydrogens (tertiary/aromatic N) is 2. The summed E-state index contributed by atoms with van der Waals surface area (Å²) in [6.45, 7) is 3.67. The van der Waals surface area contributed by atoms with Gasteiger partial charge in [-0.05, 0) is 24.1 Å². The van der Waals surface area contributed by atoms with Crippen LogP contribution in [0.25, 0.3) is 0 Å². The Kier molecular flexibility index (Phi) is 6.12. The SMILES string of the molecule is CCCN(CC(=O)N(C)C)c1ccc(CN)cc1Cl. The molecule has 0 saturated carbocycles. The molecule has 1 aromatic rings. The molecule has 19 heavy (non-hydrogen) atoms. The molecule has 4 nitrogen and oxygen atoms in total. The third-order valence-corrected chi connectivity index (χ3v) is 3.21. The molecule has 1 aromatic carbocycles. The maximum absolute atomic E-state index is 11.9. The van der Waals surface area contributed by atoms with Crippen LogP contribution in [0.4, 0.5) is 5.69 Å². The molecule has 0 radical (unpaired) electrons. The summed E-state index contributed by atoms with van der Waals surface area (Å²) >= 11 is 6.28. The minimum Gasteiger partial charge on any atom is -0.361 e. The zero-order valence-electron chi connectivity index (χ0n) is 11.8. The number of hydrogen-bond acceptors (Lipinski definition) is 3. The Morgan fingerprint density at radius 2 is 2.05 bits per heavy atom. The molecule has 0 unspecified atom stereocenters. The maximum Gasteiger partial charge on any atom is 0.241 e. The summed E-state index contributed by atoms with van der Waals surface area (Å²) in [5.41, 5.74) is 7.47. The highest BCUT2D eigenvalue weighted by Crippen LogP contribution is 2.27. The van der Waals surface area contributed by atoms with Crippen molar-refractivity contribution in [3.63, 3.8) is 0 Å². The fourth-order valence-corrected chi connectivity index (χ4v) is 2.12. The first kappa shape index (κ1) is 15.8. The van der Waals surface area contributed by atoms with Crippen LogP contribution in [0.1, 0.15) is 18.9 Å². The molecule has 0 fully saturated rings. The van der Waals surface area contributed by atoms with E-state index in [9.17, 15) is 4.79 Å². The summed E-state index contributed by atoms with van der Waals surface area (Å²) in [7, 11) is 3.51. The lowest BCUT2D eigenvalue weighted by Crippen LogP contribution is -2.37. The topological polar surface area (TPSA) is 49.6 Å². The van der Waals surface area contributed by atoms with E-state index in [1.807, 2.05) is 23.1 Å². The molecule has 0 aliphatic rings. The van der Waals surface area contributed by atoms with Crippen molar-refractivity contribution < 1.29 is 4.79 Å². The predicted octanol–water partition coefficient (Wildman–Crippen LogP) is 2.10. The van der Waals surface area contributed by atoms with Crippen molar-refractivity contribution in [2.45, 2.75) is 19.9 Å². The van der Waals surface area contributed by atoms with Crippen molar-refractivity contribution in [2.75, 3.05) is 32.1 Å². The zero-order valence-corrected chi connectivity index (χ0v) is 12.6. The minimum absolute atomic E-state index is 0.0624. The Bertz CT molecular complexity index is 435. The first-order valence-electron chi connectivity index (χ1n) is 6.43. The van der Waals surface area contributed by atoms with E-state index in [4.69, 9.17) is 17.3 Å². The molecule has 5 heteroatoms. The standard InChI is InChI=1S/C14H22ClN3O/c1-4-7-18(10-14(19)17(2)3)13-6-5-11(9-16)8-12(13)15/h5-6,8H,4,7,9-10,16H2,1-3H3. The van der Waals surface area contributed by atoms with E-state index in [-0.39, 0.29) is 5.91 Å². The quantitative estimate of drug-likeness (QED) is 0.870. The summed E-state index contributed by atoms with van der Waals surface area (Å²) < 4.78 is 0. The van der Waals surface area contributed by atoms with Crippen LogP contribution in [0.15, 0.2) is 18.2 Å². The molecular formula is C14H22ClN3O. The largest absolute Gasteiger partial charge is 0.361 e. The van der Waals surface area contributed by atoms with Gasteiger partial charge in [0.1, 0.15) is 0 Å². The first-order valence-corrected chi connectivity index (χ1v) is 6.81. The van der Waals surface area contributed by atoms with Crippen LogP contribution in [0.5, 0.6) is 0 Å². The highest BCUT2D eigenvalue weighted by atomic mass is 35.5. The number of carbonyl (C=O) groups is 1. The molecule has 0 bridgehead atoms. The average molecular weight is 284 g/mol. The second-order valence-electron chi connectivity index (χ2n) is 4.70. The van der Waals surface area contributed by atoms with Crippen molar-refractivity contribution >= 4 is 23.2 Å². The summed E-state index contributed by atoms with van der Waals surface area (Å²) in [5, 5.41) is 0.642. The van der Waals surface area contributed by atoms with Gasteiger partial charge in [-0.1, -0.05) is 24.6 Å². The fourth-order valence-electron chi connectivity index (χ4n) is 1.79. The van der Waals surface area contributed by atoms with E-state index in [0.717, 1.165) is 24.2 Å². The lowest BCUT2D eigenvalue weighted by atomic mass is 10.2. The molecule has 0 aliphatic heterocycles. The molecule has 106 valence electrons. The number of hydrogen-bond donors (Lipinski definition) is 1. The third-order valence-electron chi connectivity index (χ3n) is 2.91. The van der Waals surface area contributed by atoms with Crippen LogP contribution in [0.3, 0.4) is 0 Å². The molecule has 0 aromatic heterocycles. The van der Waals surface area contributed by atoms with Gasteiger partial charge in [-0.2, -0.15) is 0 Å². The van der Waals surface area contributed by atoms with E-state index in [1.54, 1.807) is 19.0 Å². The number of anilines is 1. The Morgan fingerprint density at radius 3 is 2.53 bits per heavy atom. The van der Waals surface area contributed by atoms with Gasteiger partial charge in [-0.3, -0.25) is 4.79 Å². The van der Waals surface area contributed by atoms with Crippen LogP contribution in [0, 0.1) is 0 Å². The molecular weight excluding hydrogens is 262 g/mol. The number of likely N-dealkylation sites (N-methyl/N-ethyl adjacent to an activating group) is 1. The first-order chi connectivity index (χ1) is 8.99. The van der Waals surface area contributed by atoms with E-state index >= 15 is 0 Å². The van der Waals surface area contributed by atoms with Gasteiger partial charge in [-0.15, -0.1) is 0 Å². The molecule has 2 N–H and O–H groups in total. The van der Waals surface area contributed by atoms with Gasteiger partial charge >= 0.3 is 0 Å². The summed E-state index contributed by atoms with van der Waals surface area (Å²) in [6, 6.07) is 5.74. The van der Waals surface area contributed by atoms with Gasteiger partial charge in [0.25, 0.3) is 0 Å². The number of amides is 1. The molecule has 0 aliphatic carbocycles. The molecule has 0 atom stereocenters. The fraction of sp³-hybridized carbons (Fsp3) is 0.500. The van der Waals surface area contributed by atoms with Crippen LogP contribution in [-0.4, -0.2) is 38.0 Å². The number of benzene rings is 1. The van der Waals surface area contributed by atoms with Crippen molar-refractivity contribution in [3.05, 3.63) is 28.8 Å². The van der Waals surface area contributed by atoms with Crippen LogP contribution in [0.2, 0.25) is 5.02 Å². The Hall–Kier alpha value is -1.26. The Balaban J connectivity index is 2.95. The van der Waals surface area contributed by atoms with E-state index in [0.29, 0.717) is 18.1 Å². The Morgan fingerprint density at radius 1 is 1.37 bits per heavy atom. The number of carbonyl (C=O) groups excluding carboxylic acids is 1. The van der Waals surface area contributed by atoms with Gasteiger partial charge in [0.05, 0.1) is 17.3 Å². The Labute approximate surface area is 120 Å². The lowest BCUT2D eigenvalue weighted by molar-refractivity contribution is -0.127. The molecule has 0 heterocycles. The van der Waals surface area contributed by atoms with Crippen LogP contribution in [-0.2, 0) is 11.3 Å². The van der Waals surface area contributed by atoms with Crippen LogP contribution >= 0.6 is 11.6 Å². The molecule has 0 saturated heterocycles. The molecule has 0 spiro atoms. The number of rotatable bonds is 6. The summed E-state index contributed by atoms with van der Waals surface area (Å²) in [6.07, 6.45) is 0.954. The lowest BCUT2D eigenvalue weighted by Gasteiger charge is -2.26. The van der Waals surface area contributed by atoms with E-state index < -0.39 is 0 Å². The summed E-state index contributed by atoms with van der Waals surface area (Å²) in [4.78, 5) is 15.4. The predicted molar refractivity (Wildman–Crippen MR) is 80.5 cm³/mol. The van der Waals surface area contributed by atoms with Gasteiger partial charge in [0.15, 0.2) is 0 Å². The number of halogens is 1. The average Bonchev–Trinajstić information content (AvgIpc) is 2.37. The van der Waals surface area contributed by atoms with Gasteiger partial charge in [-0.25, -0.2) is 0 Å². The number of nitrogens with two attached hydrogens (primary N) is 1. The van der Waals surface area contributed by atoms with E-state index in [2.05, 4.69) is 6.92 Å². The van der Waals surface area contributed by atoms with Gasteiger partial charge in [0, 0.05) is 27.2 Å². The van der Waals surface area contributed by atoms with Gasteiger partial charge < -0.3 is 15.5 Å². The maximum atomic E-state index is 11.9. The monoisotopic (exact) mass is 283 g/mol. The second kappa shape index (κ2) is 7.36. The van der Waals surface area contributed by atoms with Crippen LogP contribution < -0.4 is 10.6 Å². The van der Waals surface area contributed by atoms with Crippen molar-refractivity contribution in [2.24, 2.45) is 5.73 Å². The van der Waals surface area contributed by atoms with Crippen molar-refractivity contribution in [1.29, 1.82) is 0 Å². The smallest absolute Gasteiger partial charge is 0.241 e. The highest BCUT2D eigenvalue weighted by molar-refractivity contribution is 6.33. The normalized spacial score (nSPS) is 10.4.